The van der Waals surface area contributed by atoms with Crippen molar-refractivity contribution in [1.82, 2.24) is 4.98 Å². The Bertz CT molecular complexity index is 595. The van der Waals surface area contributed by atoms with Gasteiger partial charge in [-0.05, 0) is 37.3 Å². The number of nitrogens with one attached hydrogen (secondary N) is 1. The van der Waals surface area contributed by atoms with Crippen LogP contribution in [-0.4, -0.2) is 11.0 Å². The van der Waals surface area contributed by atoms with E-state index in [0.29, 0.717) is 6.04 Å². The number of hydrogen-bond donors (Lipinski definition) is 1. The first-order valence-electron chi connectivity index (χ1n) is 8.06. The summed E-state index contributed by atoms with van der Waals surface area (Å²) < 4.78 is 1.21. The highest BCUT2D eigenvalue weighted by Crippen LogP contribution is 2.35. The van der Waals surface area contributed by atoms with Crippen molar-refractivity contribution in [1.29, 1.82) is 0 Å². The molecule has 1 aliphatic rings. The third-order valence-electron chi connectivity index (χ3n) is 4.59. The van der Waals surface area contributed by atoms with E-state index >= 15 is 0 Å². The number of nitrogens with zero attached hydrogens (tertiary/aromatic N) is 1. The van der Waals surface area contributed by atoms with Gasteiger partial charge in [0.25, 0.3) is 0 Å². The first-order valence-corrected chi connectivity index (χ1v) is 9.32. The molecule has 2 aromatic rings. The van der Waals surface area contributed by atoms with Crippen molar-refractivity contribution >= 4 is 38.8 Å². The largest absolute Gasteiger partial charge is 0.379 e. The van der Waals surface area contributed by atoms with E-state index in [1.165, 1.54) is 49.6 Å². The highest BCUT2D eigenvalue weighted by molar-refractivity contribution is 7.16. The maximum absolute atomic E-state index is 6.40. The number of aromatic nitrogens is 1. The maximum Gasteiger partial charge on any atom is 0.106 e. The van der Waals surface area contributed by atoms with Crippen LogP contribution in [0.2, 0.25) is 5.02 Å². The van der Waals surface area contributed by atoms with E-state index in [0.717, 1.165) is 22.1 Å². The maximum atomic E-state index is 6.40. The summed E-state index contributed by atoms with van der Waals surface area (Å²) >= 11 is 8.07. The van der Waals surface area contributed by atoms with Crippen LogP contribution in [0.4, 0.5) is 5.69 Å². The number of hydrogen-bond acceptors (Lipinski definition) is 3. The number of anilines is 1. The van der Waals surface area contributed by atoms with Crippen LogP contribution in [-0.2, 0) is 0 Å². The van der Waals surface area contributed by atoms with Gasteiger partial charge in [0.15, 0.2) is 0 Å². The van der Waals surface area contributed by atoms with E-state index < -0.39 is 0 Å². The fourth-order valence-electron chi connectivity index (χ4n) is 3.47. The Kier molecular flexibility index (Phi) is 5.02. The molecule has 0 radical (unpaired) electrons. The van der Waals surface area contributed by atoms with E-state index in [2.05, 4.69) is 23.3 Å². The third kappa shape index (κ3) is 3.51. The number of rotatable bonds is 4. The molecule has 0 bridgehead atoms. The Morgan fingerprint density at radius 3 is 3.05 bits per heavy atom. The van der Waals surface area contributed by atoms with Gasteiger partial charge in [-0.1, -0.05) is 44.2 Å². The summed E-state index contributed by atoms with van der Waals surface area (Å²) in [6.07, 6.45) is 9.25. The second kappa shape index (κ2) is 6.97. The Labute approximate surface area is 135 Å². The molecule has 0 saturated heterocycles. The van der Waals surface area contributed by atoms with Crippen LogP contribution in [0, 0.1) is 5.92 Å². The summed E-state index contributed by atoms with van der Waals surface area (Å²) in [7, 11) is 0. The molecule has 3 rings (SSSR count). The van der Waals surface area contributed by atoms with Crippen LogP contribution in [0.5, 0.6) is 0 Å². The summed E-state index contributed by atoms with van der Waals surface area (Å²) in [5, 5.41) is 4.49. The molecule has 114 valence electrons. The van der Waals surface area contributed by atoms with Gasteiger partial charge >= 0.3 is 0 Å². The van der Waals surface area contributed by atoms with Gasteiger partial charge in [0, 0.05) is 6.04 Å². The Balaban J connectivity index is 1.73. The number of thiazole rings is 1. The lowest BCUT2D eigenvalue weighted by molar-refractivity contribution is 0.422. The van der Waals surface area contributed by atoms with E-state index in [1.807, 2.05) is 11.6 Å². The second-order valence-corrected chi connectivity index (χ2v) is 7.42. The summed E-state index contributed by atoms with van der Waals surface area (Å²) in [6, 6.07) is 4.59. The minimum Gasteiger partial charge on any atom is -0.379 e. The highest BCUT2D eigenvalue weighted by Gasteiger charge is 2.20. The third-order valence-corrected chi connectivity index (χ3v) is 5.69. The predicted octanol–water partition coefficient (Wildman–Crippen LogP) is 6.11. The standard InChI is InChI=1S/C17H23ClN2S/c1-2-4-12-5-3-6-13(8-7-12)20-16-14(18)9-10-15-17(16)19-11-21-15/h9-13,20H,2-8H2,1H3. The molecule has 21 heavy (non-hydrogen) atoms. The molecule has 1 aromatic carbocycles. The zero-order valence-electron chi connectivity index (χ0n) is 12.6. The molecular weight excluding hydrogens is 300 g/mol. The number of fused-ring (bicyclic) bond motifs is 1. The molecule has 2 unspecified atom stereocenters. The van der Waals surface area contributed by atoms with Gasteiger partial charge in [-0.3, -0.25) is 0 Å². The van der Waals surface area contributed by atoms with Crippen molar-refractivity contribution in [2.24, 2.45) is 5.92 Å². The van der Waals surface area contributed by atoms with Crippen molar-refractivity contribution in [2.75, 3.05) is 5.32 Å². The van der Waals surface area contributed by atoms with Crippen LogP contribution in [0.15, 0.2) is 17.6 Å². The lowest BCUT2D eigenvalue weighted by atomic mass is 9.95. The first-order chi connectivity index (χ1) is 10.3. The van der Waals surface area contributed by atoms with Crippen LogP contribution in [0.3, 0.4) is 0 Å². The van der Waals surface area contributed by atoms with Crippen LogP contribution < -0.4 is 5.32 Å². The number of halogens is 1. The molecule has 1 aromatic heterocycles. The van der Waals surface area contributed by atoms with E-state index in [1.54, 1.807) is 11.3 Å². The molecule has 1 heterocycles. The van der Waals surface area contributed by atoms with Crippen molar-refractivity contribution in [2.45, 2.75) is 57.9 Å². The fourth-order valence-corrected chi connectivity index (χ4v) is 4.36. The Morgan fingerprint density at radius 2 is 2.19 bits per heavy atom. The quantitative estimate of drug-likeness (QED) is 0.687. The molecule has 2 nitrogen and oxygen atoms in total. The smallest absolute Gasteiger partial charge is 0.106 e. The number of benzene rings is 1. The lowest BCUT2D eigenvalue weighted by Gasteiger charge is -2.19. The molecule has 1 aliphatic carbocycles. The van der Waals surface area contributed by atoms with Crippen molar-refractivity contribution in [3.05, 3.63) is 22.7 Å². The summed E-state index contributed by atoms with van der Waals surface area (Å²) in [6.45, 7) is 2.29. The van der Waals surface area contributed by atoms with Gasteiger partial charge in [0.2, 0.25) is 0 Å². The molecule has 1 N–H and O–H groups in total. The lowest BCUT2D eigenvalue weighted by Crippen LogP contribution is -2.19. The minimum atomic E-state index is 0.539. The minimum absolute atomic E-state index is 0.539. The van der Waals surface area contributed by atoms with Gasteiger partial charge in [-0.15, -0.1) is 11.3 Å². The van der Waals surface area contributed by atoms with E-state index in [4.69, 9.17) is 11.6 Å². The molecule has 2 atom stereocenters. The van der Waals surface area contributed by atoms with Gasteiger partial charge in [0.1, 0.15) is 5.52 Å². The van der Waals surface area contributed by atoms with Crippen LogP contribution in [0.25, 0.3) is 10.2 Å². The second-order valence-electron chi connectivity index (χ2n) is 6.13. The van der Waals surface area contributed by atoms with E-state index in [9.17, 15) is 0 Å². The molecule has 1 saturated carbocycles. The van der Waals surface area contributed by atoms with Crippen molar-refractivity contribution in [3.63, 3.8) is 0 Å². The first kappa shape index (κ1) is 15.1. The molecule has 4 heteroatoms. The molecule has 0 aliphatic heterocycles. The van der Waals surface area contributed by atoms with Gasteiger partial charge in [0.05, 0.1) is 20.9 Å². The predicted molar refractivity (Wildman–Crippen MR) is 93.5 cm³/mol. The van der Waals surface area contributed by atoms with Gasteiger partial charge in [-0.2, -0.15) is 0 Å². The van der Waals surface area contributed by atoms with Crippen molar-refractivity contribution in [3.8, 4) is 0 Å². The highest BCUT2D eigenvalue weighted by atomic mass is 35.5. The average Bonchev–Trinajstić information content (AvgIpc) is 2.85. The molecule has 0 amide bonds. The normalized spacial score (nSPS) is 23.1. The summed E-state index contributed by atoms with van der Waals surface area (Å²) in [4.78, 5) is 4.48. The zero-order chi connectivity index (χ0) is 14.7. The monoisotopic (exact) mass is 322 g/mol. The van der Waals surface area contributed by atoms with Crippen molar-refractivity contribution < 1.29 is 0 Å². The zero-order valence-corrected chi connectivity index (χ0v) is 14.1. The van der Waals surface area contributed by atoms with Gasteiger partial charge < -0.3 is 5.32 Å². The topological polar surface area (TPSA) is 24.9 Å². The Morgan fingerprint density at radius 1 is 1.29 bits per heavy atom. The molecular formula is C17H23ClN2S. The Hall–Kier alpha value is -0.800. The van der Waals surface area contributed by atoms with Crippen LogP contribution in [0.1, 0.15) is 51.9 Å². The average molecular weight is 323 g/mol. The summed E-state index contributed by atoms with van der Waals surface area (Å²) in [5.41, 5.74) is 3.97. The van der Waals surface area contributed by atoms with Gasteiger partial charge in [-0.25, -0.2) is 4.98 Å². The van der Waals surface area contributed by atoms with E-state index in [-0.39, 0.29) is 0 Å². The SMILES string of the molecule is CCCC1CCCC(Nc2c(Cl)ccc3scnc23)CC1. The molecule has 0 spiro atoms. The fraction of sp³-hybridized carbons (Fsp3) is 0.588. The summed E-state index contributed by atoms with van der Waals surface area (Å²) in [5.74, 6) is 0.923. The van der Waals surface area contributed by atoms with Crippen LogP contribution >= 0.6 is 22.9 Å². The molecule has 1 fully saturated rings.